The second kappa shape index (κ2) is 9.00. The molecule has 3 rings (SSSR count). The number of carbonyl (C=O) groups is 2. The summed E-state index contributed by atoms with van der Waals surface area (Å²) in [6.07, 6.45) is 1.61. The lowest BCUT2D eigenvalue weighted by Gasteiger charge is -2.36. The first-order valence-electron chi connectivity index (χ1n) is 9.32. The maximum Gasteiger partial charge on any atom is 0.343 e. The van der Waals surface area contributed by atoms with Gasteiger partial charge in [0.05, 0.1) is 12.0 Å². The highest BCUT2D eigenvalue weighted by molar-refractivity contribution is 6.44. The molecule has 1 N–H and O–H groups in total. The van der Waals surface area contributed by atoms with E-state index in [0.29, 0.717) is 43.2 Å². The Balaban J connectivity index is 2.04. The number of esters is 1. The molecule has 1 amide bonds. The van der Waals surface area contributed by atoms with Crippen LogP contribution in [0.3, 0.4) is 0 Å². The number of hydrogen-bond donors (Lipinski definition) is 1. The molecule has 0 bridgehead atoms. The average Bonchev–Trinajstić information content (AvgIpc) is 2.68. The van der Waals surface area contributed by atoms with Crippen LogP contribution in [0.25, 0.3) is 11.0 Å². The first-order chi connectivity index (χ1) is 13.8. The van der Waals surface area contributed by atoms with Gasteiger partial charge in [-0.2, -0.15) is 0 Å². The number of aromatic nitrogens is 2. The third kappa shape index (κ3) is 4.64. The van der Waals surface area contributed by atoms with Crippen LogP contribution in [0.2, 0.25) is 0 Å². The van der Waals surface area contributed by atoms with E-state index in [1.165, 1.54) is 6.20 Å². The largest absolute Gasteiger partial charge is 0.462 e. The van der Waals surface area contributed by atoms with E-state index in [1.54, 1.807) is 24.8 Å². The molecule has 1 fully saturated rings. The normalized spacial score (nSPS) is 14.5. The van der Waals surface area contributed by atoms with Gasteiger partial charge in [-0.05, 0) is 18.6 Å². The summed E-state index contributed by atoms with van der Waals surface area (Å²) >= 11 is 12.0. The van der Waals surface area contributed by atoms with Crippen LogP contribution in [0.1, 0.15) is 29.8 Å². The van der Waals surface area contributed by atoms with Crippen molar-refractivity contribution in [1.29, 1.82) is 0 Å². The van der Waals surface area contributed by atoms with E-state index in [4.69, 9.17) is 27.9 Å². The number of H-pyrrole nitrogens is 1. The summed E-state index contributed by atoms with van der Waals surface area (Å²) in [4.78, 5) is 47.1. The maximum atomic E-state index is 12.8. The second-order valence-corrected chi connectivity index (χ2v) is 7.98. The van der Waals surface area contributed by atoms with Crippen molar-refractivity contribution in [3.8, 4) is 0 Å². The zero-order chi connectivity index (χ0) is 21.1. The molecule has 1 aliphatic heterocycles. The Morgan fingerprint density at radius 3 is 2.55 bits per heavy atom. The minimum atomic E-state index is -0.686. The lowest BCUT2D eigenvalue weighted by Crippen LogP contribution is -2.48. The molecule has 10 heteroatoms. The molecule has 0 aromatic carbocycles. The number of halogens is 2. The van der Waals surface area contributed by atoms with E-state index >= 15 is 0 Å². The minimum absolute atomic E-state index is 0.0359. The molecule has 29 heavy (non-hydrogen) atoms. The topological polar surface area (TPSA) is 95.6 Å². The van der Waals surface area contributed by atoms with Crippen LogP contribution in [0.4, 0.5) is 5.82 Å². The standard InChI is InChI=1S/C19H22Cl2N4O4/c1-3-29-19(28)14-10-22-17-13(16(14)27)8-12(9-15(20)21)18(23-17)25-6-4-24(5-7-25)11(2)26/h8,10,15H,3-7,9H2,1-2H3,(H,22,23,27). The van der Waals surface area contributed by atoms with Gasteiger partial charge in [0.1, 0.15) is 21.9 Å². The zero-order valence-electron chi connectivity index (χ0n) is 16.2. The van der Waals surface area contributed by atoms with Crippen molar-refractivity contribution in [2.75, 3.05) is 37.7 Å². The number of carbonyl (C=O) groups excluding carboxylic acids is 2. The van der Waals surface area contributed by atoms with Gasteiger partial charge in [-0.15, -0.1) is 23.2 Å². The molecule has 3 heterocycles. The molecule has 0 unspecified atom stereocenters. The number of nitrogens with one attached hydrogen (secondary N) is 1. The Kier molecular flexibility index (Phi) is 6.64. The fraction of sp³-hybridized carbons (Fsp3) is 0.474. The number of alkyl halides is 2. The van der Waals surface area contributed by atoms with Gasteiger partial charge in [0.2, 0.25) is 11.3 Å². The monoisotopic (exact) mass is 440 g/mol. The molecule has 1 aliphatic rings. The first-order valence-corrected chi connectivity index (χ1v) is 10.2. The van der Waals surface area contributed by atoms with Crippen molar-refractivity contribution in [3.63, 3.8) is 0 Å². The van der Waals surface area contributed by atoms with Gasteiger partial charge in [0.15, 0.2) is 0 Å². The van der Waals surface area contributed by atoms with Crippen molar-refractivity contribution >= 4 is 51.9 Å². The third-order valence-electron chi connectivity index (χ3n) is 4.82. The smallest absolute Gasteiger partial charge is 0.343 e. The summed E-state index contributed by atoms with van der Waals surface area (Å²) in [6, 6.07) is 1.67. The summed E-state index contributed by atoms with van der Waals surface area (Å²) in [5.74, 6) is 0.00878. The van der Waals surface area contributed by atoms with E-state index in [9.17, 15) is 14.4 Å². The Morgan fingerprint density at radius 2 is 1.97 bits per heavy atom. The summed E-state index contributed by atoms with van der Waals surface area (Å²) in [5, 5.41) is 0.269. The SMILES string of the molecule is CCOC(=O)c1c[nH]c2nc(N3CCN(C(C)=O)CC3)c(CC(Cl)Cl)cc2c1=O. The van der Waals surface area contributed by atoms with Crippen molar-refractivity contribution in [1.82, 2.24) is 14.9 Å². The number of rotatable bonds is 5. The van der Waals surface area contributed by atoms with Gasteiger partial charge in [-0.25, -0.2) is 9.78 Å². The molecule has 0 aliphatic carbocycles. The van der Waals surface area contributed by atoms with Crippen LogP contribution in [0.15, 0.2) is 17.1 Å². The lowest BCUT2D eigenvalue weighted by atomic mass is 10.1. The van der Waals surface area contributed by atoms with Crippen LogP contribution in [-0.2, 0) is 16.0 Å². The predicted molar refractivity (Wildman–Crippen MR) is 112 cm³/mol. The molecule has 2 aromatic heterocycles. The number of pyridine rings is 2. The van der Waals surface area contributed by atoms with E-state index in [1.807, 2.05) is 4.90 Å². The molecule has 156 valence electrons. The number of anilines is 1. The number of piperazine rings is 1. The van der Waals surface area contributed by atoms with Gasteiger partial charge in [-0.3, -0.25) is 9.59 Å². The van der Waals surface area contributed by atoms with Gasteiger partial charge in [0, 0.05) is 45.7 Å². The van der Waals surface area contributed by atoms with Crippen molar-refractivity contribution in [2.45, 2.75) is 25.1 Å². The molecular formula is C19H22Cl2N4O4. The van der Waals surface area contributed by atoms with Crippen molar-refractivity contribution in [2.24, 2.45) is 0 Å². The molecular weight excluding hydrogens is 419 g/mol. The molecule has 1 saturated heterocycles. The first kappa shape index (κ1) is 21.4. The van der Waals surface area contributed by atoms with Gasteiger partial charge in [-0.1, -0.05) is 0 Å². The van der Waals surface area contributed by atoms with E-state index < -0.39 is 16.2 Å². The van der Waals surface area contributed by atoms with Gasteiger partial charge in [0.25, 0.3) is 0 Å². The molecule has 2 aromatic rings. The molecule has 0 atom stereocenters. The third-order valence-corrected chi connectivity index (χ3v) is 5.12. The van der Waals surface area contributed by atoms with E-state index in [2.05, 4.69) is 9.97 Å². The van der Waals surface area contributed by atoms with Gasteiger partial charge >= 0.3 is 5.97 Å². The molecule has 0 saturated carbocycles. The highest BCUT2D eigenvalue weighted by Gasteiger charge is 2.24. The van der Waals surface area contributed by atoms with E-state index in [-0.39, 0.29) is 29.9 Å². The lowest BCUT2D eigenvalue weighted by molar-refractivity contribution is -0.129. The van der Waals surface area contributed by atoms with Crippen molar-refractivity contribution in [3.05, 3.63) is 33.6 Å². The molecule has 8 nitrogen and oxygen atoms in total. The van der Waals surface area contributed by atoms with Crippen LogP contribution in [0.5, 0.6) is 0 Å². The fourth-order valence-corrected chi connectivity index (χ4v) is 3.70. The predicted octanol–water partition coefficient (Wildman–Crippen LogP) is 2.11. The second-order valence-electron chi connectivity index (χ2n) is 6.71. The van der Waals surface area contributed by atoms with E-state index in [0.717, 1.165) is 0 Å². The van der Waals surface area contributed by atoms with Gasteiger partial charge < -0.3 is 19.5 Å². The average molecular weight is 441 g/mol. The zero-order valence-corrected chi connectivity index (χ0v) is 17.7. The fourth-order valence-electron chi connectivity index (χ4n) is 3.36. The number of hydrogen-bond acceptors (Lipinski definition) is 6. The number of ether oxygens (including phenoxy) is 1. The molecule has 0 radical (unpaired) electrons. The van der Waals surface area contributed by atoms with Crippen LogP contribution < -0.4 is 10.3 Å². The van der Waals surface area contributed by atoms with Crippen molar-refractivity contribution < 1.29 is 14.3 Å². The summed E-state index contributed by atoms with van der Waals surface area (Å²) in [7, 11) is 0. The quantitative estimate of drug-likeness (QED) is 0.564. The number of aromatic amines is 1. The Bertz CT molecular complexity index is 984. The summed E-state index contributed by atoms with van der Waals surface area (Å²) < 4.78 is 4.94. The summed E-state index contributed by atoms with van der Waals surface area (Å²) in [6.45, 7) is 5.76. The Labute approximate surface area is 177 Å². The number of nitrogens with zero attached hydrogens (tertiary/aromatic N) is 3. The molecule has 0 spiro atoms. The minimum Gasteiger partial charge on any atom is -0.462 e. The number of amides is 1. The van der Waals surface area contributed by atoms with Crippen LogP contribution in [-0.4, -0.2) is 64.4 Å². The Morgan fingerprint density at radius 1 is 1.28 bits per heavy atom. The maximum absolute atomic E-state index is 12.8. The highest BCUT2D eigenvalue weighted by Crippen LogP contribution is 2.26. The van der Waals surface area contributed by atoms with Crippen LogP contribution in [0, 0.1) is 0 Å². The van der Waals surface area contributed by atoms with Crippen LogP contribution >= 0.6 is 23.2 Å². The number of fused-ring (bicyclic) bond motifs is 1. The summed E-state index contributed by atoms with van der Waals surface area (Å²) in [5.41, 5.74) is 0.523. The Hall–Kier alpha value is -2.32. The highest BCUT2D eigenvalue weighted by atomic mass is 35.5.